The van der Waals surface area contributed by atoms with Gasteiger partial charge in [0.1, 0.15) is 0 Å². The molecule has 1 N–H and O–H groups in total. The van der Waals surface area contributed by atoms with E-state index >= 15 is 0 Å². The van der Waals surface area contributed by atoms with Gasteiger partial charge in [0.25, 0.3) is 0 Å². The van der Waals surface area contributed by atoms with E-state index in [4.69, 9.17) is 0 Å². The number of methoxy groups -OCH3 is 2. The molecule has 0 saturated carbocycles. The fraction of sp³-hybridized carbons (Fsp3) is 1.00. The van der Waals surface area contributed by atoms with Crippen LogP contribution in [0.25, 0.3) is 0 Å². The van der Waals surface area contributed by atoms with Crippen LogP contribution in [-0.4, -0.2) is 32.9 Å². The Balaban J connectivity index is -0.000000125. The predicted molar refractivity (Wildman–Crippen MR) is 25.7 cm³/mol. The summed E-state index contributed by atoms with van der Waals surface area (Å²) in [5.41, 5.74) is 0. The molecule has 0 atom stereocenters. The first-order chi connectivity index (χ1) is 2.91. The molecule has 0 aliphatic rings. The molecule has 0 aromatic heterocycles. The van der Waals surface area contributed by atoms with E-state index in [2.05, 4.69) is 9.47 Å². The molecule has 0 fully saturated rings. The topological polar surface area (TPSA) is 48.5 Å². The molecule has 0 unspecified atom stereocenters. The van der Waals surface area contributed by atoms with Crippen molar-refractivity contribution in [2.45, 2.75) is 0 Å². The van der Waals surface area contributed by atoms with Gasteiger partial charge in [0.15, 0.2) is 0 Å². The van der Waals surface area contributed by atoms with Crippen LogP contribution in [0.1, 0.15) is 0 Å². The van der Waals surface area contributed by atoms with Crippen LogP contribution in [0.3, 0.4) is 0 Å². The Morgan fingerprint density at radius 1 is 1.00 bits per heavy atom. The average molecular weight is 130 g/mol. The quantitative estimate of drug-likeness (QED) is 0.304. The molecule has 0 saturated heterocycles. The summed E-state index contributed by atoms with van der Waals surface area (Å²) in [5, 5.41) is 0. The summed E-state index contributed by atoms with van der Waals surface area (Å²) in [4.78, 5) is 0. The summed E-state index contributed by atoms with van der Waals surface area (Å²) >= 11 is 0. The minimum atomic E-state index is 0. The van der Waals surface area contributed by atoms with Crippen LogP contribution >= 0.6 is 0 Å². The van der Waals surface area contributed by atoms with Gasteiger partial charge >= 0.3 is 29.6 Å². The summed E-state index contributed by atoms with van der Waals surface area (Å²) in [6, 6.07) is 0. The van der Waals surface area contributed by atoms with Crippen molar-refractivity contribution in [2.75, 3.05) is 27.4 Å². The van der Waals surface area contributed by atoms with Crippen molar-refractivity contribution in [2.24, 2.45) is 0 Å². The maximum Gasteiger partial charge on any atom is 1.00 e. The van der Waals surface area contributed by atoms with E-state index in [-0.39, 0.29) is 35.0 Å². The van der Waals surface area contributed by atoms with Gasteiger partial charge in [-0.05, 0) is 0 Å². The van der Waals surface area contributed by atoms with Gasteiger partial charge in [-0.2, -0.15) is 0 Å². The van der Waals surface area contributed by atoms with Crippen molar-refractivity contribution in [3.8, 4) is 0 Å². The van der Waals surface area contributed by atoms with Gasteiger partial charge in [-0.3, -0.25) is 0 Å². The Bertz CT molecular complexity index is 23.2. The molecule has 0 radical (unpaired) electrons. The summed E-state index contributed by atoms with van der Waals surface area (Å²) in [6.45, 7) is 1.38. The second kappa shape index (κ2) is 15.7. The monoisotopic (exact) mass is 130 g/mol. The third-order valence-corrected chi connectivity index (χ3v) is 0.492. The number of hydrogen-bond donors (Lipinski definition) is 0. The zero-order valence-electron chi connectivity index (χ0n) is 5.68. The SMILES string of the molecule is COCCOC.[Na+].[OH-]. The predicted octanol–water partition coefficient (Wildman–Crippen LogP) is -2.89. The smallest absolute Gasteiger partial charge is 0.870 e. The molecule has 0 aromatic carbocycles. The first-order valence-electron chi connectivity index (χ1n) is 1.89. The van der Waals surface area contributed by atoms with Crippen molar-refractivity contribution in [3.63, 3.8) is 0 Å². The molecule has 0 bridgehead atoms. The molecule has 3 nitrogen and oxygen atoms in total. The molecule has 8 heavy (non-hydrogen) atoms. The van der Waals surface area contributed by atoms with Crippen molar-refractivity contribution in [1.82, 2.24) is 0 Å². The van der Waals surface area contributed by atoms with Crippen LogP contribution < -0.4 is 29.6 Å². The summed E-state index contributed by atoms with van der Waals surface area (Å²) < 4.78 is 9.31. The summed E-state index contributed by atoms with van der Waals surface area (Å²) in [6.07, 6.45) is 0. The van der Waals surface area contributed by atoms with E-state index in [9.17, 15) is 0 Å². The van der Waals surface area contributed by atoms with E-state index in [1.807, 2.05) is 0 Å². The molecule has 0 aromatic rings. The Morgan fingerprint density at radius 2 is 1.25 bits per heavy atom. The maximum absolute atomic E-state index is 4.66. The number of ether oxygens (including phenoxy) is 2. The minimum Gasteiger partial charge on any atom is -0.870 e. The second-order valence-corrected chi connectivity index (χ2v) is 0.986. The Labute approximate surface area is 72.0 Å². The first kappa shape index (κ1) is 15.9. The molecular weight excluding hydrogens is 119 g/mol. The van der Waals surface area contributed by atoms with Crippen LogP contribution in [0.5, 0.6) is 0 Å². The normalized spacial score (nSPS) is 6.75. The molecule has 0 aliphatic carbocycles. The van der Waals surface area contributed by atoms with Crippen molar-refractivity contribution < 1.29 is 44.5 Å². The minimum absolute atomic E-state index is 0. The molecule has 4 heteroatoms. The standard InChI is InChI=1S/C4H10O2.Na.H2O/c1-5-3-4-6-2;;/h3-4H2,1-2H3;;1H2/q;+1;/p-1. The summed E-state index contributed by atoms with van der Waals surface area (Å²) in [5.74, 6) is 0. The fourth-order valence-corrected chi connectivity index (χ4v) is 0.167. The van der Waals surface area contributed by atoms with Gasteiger partial charge < -0.3 is 14.9 Å². The van der Waals surface area contributed by atoms with Gasteiger partial charge in [-0.1, -0.05) is 0 Å². The van der Waals surface area contributed by atoms with Crippen LogP contribution in [0.2, 0.25) is 0 Å². The zero-order chi connectivity index (χ0) is 4.83. The third kappa shape index (κ3) is 15.8. The number of rotatable bonds is 3. The van der Waals surface area contributed by atoms with E-state index in [1.54, 1.807) is 14.2 Å². The molecule has 0 spiro atoms. The molecule has 46 valence electrons. The third-order valence-electron chi connectivity index (χ3n) is 0.492. The van der Waals surface area contributed by atoms with Crippen molar-refractivity contribution >= 4 is 0 Å². The van der Waals surface area contributed by atoms with Gasteiger partial charge in [0, 0.05) is 14.2 Å². The van der Waals surface area contributed by atoms with Gasteiger partial charge in [0.2, 0.25) is 0 Å². The second-order valence-electron chi connectivity index (χ2n) is 0.986. The molecule has 0 aliphatic heterocycles. The van der Waals surface area contributed by atoms with E-state index in [1.165, 1.54) is 0 Å². The van der Waals surface area contributed by atoms with Crippen LogP contribution in [0.4, 0.5) is 0 Å². The Hall–Kier alpha value is 0.880. The van der Waals surface area contributed by atoms with E-state index in [0.29, 0.717) is 13.2 Å². The van der Waals surface area contributed by atoms with E-state index < -0.39 is 0 Å². The van der Waals surface area contributed by atoms with Gasteiger partial charge in [0.05, 0.1) is 13.2 Å². The molecule has 0 heterocycles. The fourth-order valence-electron chi connectivity index (χ4n) is 0.167. The molecular formula is C4H11NaO3. The maximum atomic E-state index is 4.66. The van der Waals surface area contributed by atoms with Gasteiger partial charge in [-0.15, -0.1) is 0 Å². The molecule has 0 amide bonds. The number of hydrogen-bond acceptors (Lipinski definition) is 3. The Kier molecular flexibility index (Phi) is 31.2. The van der Waals surface area contributed by atoms with Crippen molar-refractivity contribution in [1.29, 1.82) is 0 Å². The zero-order valence-corrected chi connectivity index (χ0v) is 7.68. The molecule has 0 rings (SSSR count). The first-order valence-corrected chi connectivity index (χ1v) is 1.89. The largest absolute Gasteiger partial charge is 1.00 e. The summed E-state index contributed by atoms with van der Waals surface area (Å²) in [7, 11) is 3.30. The van der Waals surface area contributed by atoms with Crippen LogP contribution in [-0.2, 0) is 9.47 Å². The van der Waals surface area contributed by atoms with Crippen LogP contribution in [0, 0.1) is 0 Å². The van der Waals surface area contributed by atoms with E-state index in [0.717, 1.165) is 0 Å². The van der Waals surface area contributed by atoms with Crippen molar-refractivity contribution in [3.05, 3.63) is 0 Å². The average Bonchev–Trinajstić information content (AvgIpc) is 1.61. The van der Waals surface area contributed by atoms with Gasteiger partial charge in [-0.25, -0.2) is 0 Å². The van der Waals surface area contributed by atoms with Crippen LogP contribution in [0.15, 0.2) is 0 Å². The Morgan fingerprint density at radius 3 is 1.38 bits per heavy atom.